The Hall–Kier alpha value is -0.620. The van der Waals surface area contributed by atoms with E-state index >= 15 is 0 Å². The van der Waals surface area contributed by atoms with Gasteiger partial charge in [-0.2, -0.15) is 0 Å². The molecule has 0 aliphatic rings. The zero-order valence-corrected chi connectivity index (χ0v) is 11.5. The highest BCUT2D eigenvalue weighted by atomic mass is 35.5. The van der Waals surface area contributed by atoms with Gasteiger partial charge in [0.2, 0.25) is 10.0 Å². The molecule has 0 radical (unpaired) electrons. The molecule has 0 aliphatic heterocycles. The summed E-state index contributed by atoms with van der Waals surface area (Å²) in [4.78, 5) is 0.135. The molecular weight excluding hydrogens is 260 g/mol. The summed E-state index contributed by atoms with van der Waals surface area (Å²) in [5, 5.41) is 3.32. The maximum atomic E-state index is 11.9. The van der Waals surface area contributed by atoms with E-state index in [1.165, 1.54) is 6.07 Å². The minimum absolute atomic E-state index is 0.135. The van der Waals surface area contributed by atoms with E-state index in [0.717, 1.165) is 12.1 Å². The first-order chi connectivity index (χ1) is 7.99. The standard InChI is InChI=1S/C11H17ClN2O2S/c1-3-13-7-8-14-17(15,16)10-6-4-5-9(2)11(10)12/h4-6,13-14H,3,7-8H2,1-2H3. The molecule has 0 aromatic heterocycles. The SMILES string of the molecule is CCNCCNS(=O)(=O)c1cccc(C)c1Cl. The van der Waals surface area contributed by atoms with Gasteiger partial charge >= 0.3 is 0 Å². The molecule has 17 heavy (non-hydrogen) atoms. The van der Waals surface area contributed by atoms with Crippen molar-refractivity contribution in [1.82, 2.24) is 10.0 Å². The monoisotopic (exact) mass is 276 g/mol. The van der Waals surface area contributed by atoms with Crippen molar-refractivity contribution in [2.24, 2.45) is 0 Å². The molecule has 0 saturated heterocycles. The van der Waals surface area contributed by atoms with Crippen molar-refractivity contribution < 1.29 is 8.42 Å². The second kappa shape index (κ2) is 6.35. The molecule has 1 aromatic rings. The Morgan fingerprint density at radius 2 is 2.00 bits per heavy atom. The van der Waals surface area contributed by atoms with Crippen molar-refractivity contribution in [2.75, 3.05) is 19.6 Å². The van der Waals surface area contributed by atoms with Crippen LogP contribution in [0.25, 0.3) is 0 Å². The van der Waals surface area contributed by atoms with E-state index in [0.29, 0.717) is 13.1 Å². The number of sulfonamides is 1. The fourth-order valence-corrected chi connectivity index (χ4v) is 2.97. The normalized spacial score (nSPS) is 11.7. The molecule has 0 aliphatic carbocycles. The Bertz CT molecular complexity index is 474. The lowest BCUT2D eigenvalue weighted by Crippen LogP contribution is -2.32. The number of hydrogen-bond acceptors (Lipinski definition) is 3. The van der Waals surface area contributed by atoms with Crippen LogP contribution in [0.3, 0.4) is 0 Å². The molecule has 96 valence electrons. The maximum Gasteiger partial charge on any atom is 0.242 e. The zero-order chi connectivity index (χ0) is 12.9. The summed E-state index contributed by atoms with van der Waals surface area (Å²) < 4.78 is 26.4. The lowest BCUT2D eigenvalue weighted by Gasteiger charge is -2.09. The molecule has 1 rings (SSSR count). The van der Waals surface area contributed by atoms with Crippen LogP contribution in [0.15, 0.2) is 23.1 Å². The molecule has 0 bridgehead atoms. The third kappa shape index (κ3) is 3.96. The largest absolute Gasteiger partial charge is 0.316 e. The van der Waals surface area contributed by atoms with Crippen LogP contribution in [0.1, 0.15) is 12.5 Å². The molecule has 2 N–H and O–H groups in total. The molecule has 0 saturated carbocycles. The Balaban J connectivity index is 2.79. The van der Waals surface area contributed by atoms with Gasteiger partial charge in [-0.1, -0.05) is 30.7 Å². The number of rotatable bonds is 6. The number of nitrogens with one attached hydrogen (secondary N) is 2. The van der Waals surface area contributed by atoms with E-state index in [4.69, 9.17) is 11.6 Å². The second-order valence-corrected chi connectivity index (χ2v) is 5.75. The molecule has 0 heterocycles. The quantitative estimate of drug-likeness (QED) is 0.775. The van der Waals surface area contributed by atoms with Crippen LogP contribution < -0.4 is 10.0 Å². The highest BCUT2D eigenvalue weighted by molar-refractivity contribution is 7.89. The number of benzene rings is 1. The smallest absolute Gasteiger partial charge is 0.242 e. The van der Waals surface area contributed by atoms with Gasteiger partial charge in [-0.15, -0.1) is 0 Å². The molecule has 0 amide bonds. The fraction of sp³-hybridized carbons (Fsp3) is 0.455. The number of likely N-dealkylation sites (N-methyl/N-ethyl adjacent to an activating group) is 1. The van der Waals surface area contributed by atoms with E-state index in [-0.39, 0.29) is 9.92 Å². The van der Waals surface area contributed by atoms with Gasteiger partial charge in [0.25, 0.3) is 0 Å². The van der Waals surface area contributed by atoms with Gasteiger partial charge in [0.05, 0.1) is 5.02 Å². The summed E-state index contributed by atoms with van der Waals surface area (Å²) in [6, 6.07) is 4.96. The summed E-state index contributed by atoms with van der Waals surface area (Å²) in [7, 11) is -3.52. The average molecular weight is 277 g/mol. The lowest BCUT2D eigenvalue weighted by atomic mass is 10.2. The van der Waals surface area contributed by atoms with E-state index in [2.05, 4.69) is 10.0 Å². The van der Waals surface area contributed by atoms with Crippen LogP contribution in [0.2, 0.25) is 5.02 Å². The molecule has 1 aromatic carbocycles. The van der Waals surface area contributed by atoms with Crippen LogP contribution >= 0.6 is 11.6 Å². The van der Waals surface area contributed by atoms with E-state index < -0.39 is 10.0 Å². The van der Waals surface area contributed by atoms with Gasteiger partial charge in [0, 0.05) is 13.1 Å². The minimum atomic E-state index is -3.52. The lowest BCUT2D eigenvalue weighted by molar-refractivity contribution is 0.577. The number of halogens is 1. The first kappa shape index (κ1) is 14.4. The molecule has 4 nitrogen and oxygen atoms in total. The van der Waals surface area contributed by atoms with Gasteiger partial charge in [-0.05, 0) is 25.1 Å². The van der Waals surface area contributed by atoms with Crippen LogP contribution in [-0.2, 0) is 10.0 Å². The van der Waals surface area contributed by atoms with Crippen molar-refractivity contribution in [3.05, 3.63) is 28.8 Å². The Labute approximate surface area is 107 Å². The van der Waals surface area contributed by atoms with Gasteiger partial charge in [-0.25, -0.2) is 13.1 Å². The molecule has 6 heteroatoms. The molecular formula is C11H17ClN2O2S. The van der Waals surface area contributed by atoms with E-state index in [1.807, 2.05) is 6.92 Å². The predicted octanol–water partition coefficient (Wildman–Crippen LogP) is 1.54. The third-order valence-electron chi connectivity index (χ3n) is 2.29. The molecule has 0 fully saturated rings. The van der Waals surface area contributed by atoms with Gasteiger partial charge in [0.1, 0.15) is 4.90 Å². The number of aryl methyl sites for hydroxylation is 1. The first-order valence-corrected chi connectivity index (χ1v) is 7.30. The fourth-order valence-electron chi connectivity index (χ4n) is 1.36. The Kier molecular flexibility index (Phi) is 5.39. The van der Waals surface area contributed by atoms with Gasteiger partial charge in [-0.3, -0.25) is 0 Å². The van der Waals surface area contributed by atoms with Crippen LogP contribution in [-0.4, -0.2) is 28.1 Å². The average Bonchev–Trinajstić information content (AvgIpc) is 2.28. The minimum Gasteiger partial charge on any atom is -0.316 e. The first-order valence-electron chi connectivity index (χ1n) is 5.44. The summed E-state index contributed by atoms with van der Waals surface area (Å²) >= 11 is 5.98. The van der Waals surface area contributed by atoms with E-state index in [9.17, 15) is 8.42 Å². The highest BCUT2D eigenvalue weighted by Gasteiger charge is 2.17. The topological polar surface area (TPSA) is 58.2 Å². The summed E-state index contributed by atoms with van der Waals surface area (Å²) in [5.41, 5.74) is 0.751. The number of hydrogen-bond donors (Lipinski definition) is 2. The van der Waals surface area contributed by atoms with Crippen molar-refractivity contribution in [2.45, 2.75) is 18.7 Å². The van der Waals surface area contributed by atoms with Crippen LogP contribution in [0.4, 0.5) is 0 Å². The molecule has 0 unspecified atom stereocenters. The predicted molar refractivity (Wildman–Crippen MR) is 69.9 cm³/mol. The molecule has 0 atom stereocenters. The van der Waals surface area contributed by atoms with Crippen LogP contribution in [0, 0.1) is 6.92 Å². The maximum absolute atomic E-state index is 11.9. The molecule has 0 spiro atoms. The Morgan fingerprint density at radius 1 is 1.29 bits per heavy atom. The van der Waals surface area contributed by atoms with Gasteiger partial charge < -0.3 is 5.32 Å². The summed E-state index contributed by atoms with van der Waals surface area (Å²) in [6.07, 6.45) is 0. The third-order valence-corrected chi connectivity index (χ3v) is 4.41. The summed E-state index contributed by atoms with van der Waals surface area (Å²) in [5.74, 6) is 0. The summed E-state index contributed by atoms with van der Waals surface area (Å²) in [6.45, 7) is 5.50. The second-order valence-electron chi connectivity index (χ2n) is 3.64. The van der Waals surface area contributed by atoms with Crippen molar-refractivity contribution in [3.8, 4) is 0 Å². The van der Waals surface area contributed by atoms with Gasteiger partial charge in [0.15, 0.2) is 0 Å². The highest BCUT2D eigenvalue weighted by Crippen LogP contribution is 2.24. The van der Waals surface area contributed by atoms with Crippen molar-refractivity contribution in [1.29, 1.82) is 0 Å². The van der Waals surface area contributed by atoms with Crippen molar-refractivity contribution >= 4 is 21.6 Å². The Morgan fingerprint density at radius 3 is 2.65 bits per heavy atom. The van der Waals surface area contributed by atoms with Crippen LogP contribution in [0.5, 0.6) is 0 Å². The van der Waals surface area contributed by atoms with Crippen molar-refractivity contribution in [3.63, 3.8) is 0 Å². The van der Waals surface area contributed by atoms with E-state index in [1.54, 1.807) is 19.1 Å². The zero-order valence-electron chi connectivity index (χ0n) is 9.96.